The number of benzene rings is 1. The van der Waals surface area contributed by atoms with E-state index in [2.05, 4.69) is 4.90 Å². The van der Waals surface area contributed by atoms with Gasteiger partial charge < -0.3 is 4.74 Å². The first kappa shape index (κ1) is 18.3. The number of halogens is 1. The van der Waals surface area contributed by atoms with E-state index in [-0.39, 0.29) is 23.5 Å². The summed E-state index contributed by atoms with van der Waals surface area (Å²) in [5, 5.41) is 0.602. The molecule has 2 aliphatic rings. The molecule has 4 rings (SSSR count). The molecule has 2 aromatic rings. The summed E-state index contributed by atoms with van der Waals surface area (Å²) >= 11 is 1.49. The first-order valence-electron chi connectivity index (χ1n) is 9.41. The summed E-state index contributed by atoms with van der Waals surface area (Å²) in [4.78, 5) is 27.8. The van der Waals surface area contributed by atoms with E-state index in [1.807, 2.05) is 6.07 Å². The Labute approximate surface area is 161 Å². The number of Topliss-reactive ketones (excluding diaryl/α,β-unsaturated/α-hetero) is 1. The molecule has 6 heteroatoms. The molecule has 0 spiro atoms. The van der Waals surface area contributed by atoms with Gasteiger partial charge in [0.25, 0.3) is 0 Å². The van der Waals surface area contributed by atoms with Crippen molar-refractivity contribution in [3.8, 4) is 5.06 Å². The smallest absolute Gasteiger partial charge is 0.311 e. The zero-order chi connectivity index (χ0) is 19.0. The van der Waals surface area contributed by atoms with Gasteiger partial charge in [-0.15, -0.1) is 11.3 Å². The van der Waals surface area contributed by atoms with Gasteiger partial charge >= 0.3 is 5.97 Å². The molecule has 1 aliphatic heterocycles. The van der Waals surface area contributed by atoms with Crippen LogP contribution in [0.25, 0.3) is 0 Å². The third-order valence-electron chi connectivity index (χ3n) is 5.19. The van der Waals surface area contributed by atoms with E-state index >= 15 is 0 Å². The number of rotatable bonds is 6. The van der Waals surface area contributed by atoms with Crippen molar-refractivity contribution in [3.05, 3.63) is 52.2 Å². The highest BCUT2D eigenvalue weighted by molar-refractivity contribution is 7.14. The Balaban J connectivity index is 1.60. The van der Waals surface area contributed by atoms with Crippen molar-refractivity contribution >= 4 is 23.1 Å². The van der Waals surface area contributed by atoms with Crippen molar-refractivity contribution in [2.45, 2.75) is 45.2 Å². The van der Waals surface area contributed by atoms with Crippen molar-refractivity contribution < 1.29 is 18.7 Å². The third-order valence-corrected chi connectivity index (χ3v) is 6.31. The first-order chi connectivity index (χ1) is 13.1. The summed E-state index contributed by atoms with van der Waals surface area (Å²) < 4.78 is 19.8. The lowest BCUT2D eigenvalue weighted by atomic mass is 9.95. The maximum Gasteiger partial charge on any atom is 0.311 e. The quantitative estimate of drug-likeness (QED) is 0.694. The molecule has 4 nitrogen and oxygen atoms in total. The maximum absolute atomic E-state index is 14.5. The van der Waals surface area contributed by atoms with Crippen molar-refractivity contribution in [1.29, 1.82) is 0 Å². The molecule has 0 amide bonds. The fourth-order valence-electron chi connectivity index (χ4n) is 3.60. The first-order valence-corrected chi connectivity index (χ1v) is 10.2. The normalized spacial score (nSPS) is 18.0. The number of hydrogen-bond acceptors (Lipinski definition) is 5. The van der Waals surface area contributed by atoms with E-state index in [0.717, 1.165) is 24.8 Å². The molecule has 1 atom stereocenters. The zero-order valence-electron chi connectivity index (χ0n) is 15.2. The number of ketones is 1. The van der Waals surface area contributed by atoms with Crippen LogP contribution in [0.4, 0.5) is 4.39 Å². The molecular weight excluding hydrogens is 365 g/mol. The molecule has 0 saturated heterocycles. The molecule has 1 saturated carbocycles. The van der Waals surface area contributed by atoms with E-state index in [0.29, 0.717) is 30.1 Å². The van der Waals surface area contributed by atoms with Crippen LogP contribution in [0.15, 0.2) is 30.3 Å². The Kier molecular flexibility index (Phi) is 5.10. The van der Waals surface area contributed by atoms with E-state index in [4.69, 9.17) is 4.74 Å². The Bertz CT molecular complexity index is 874. The largest absolute Gasteiger partial charge is 0.415 e. The summed E-state index contributed by atoms with van der Waals surface area (Å²) in [5.74, 6) is -0.403. The van der Waals surface area contributed by atoms with Crippen LogP contribution in [0.2, 0.25) is 0 Å². The topological polar surface area (TPSA) is 46.6 Å². The fraction of sp³-hybridized carbons (Fsp3) is 0.429. The number of ether oxygens (including phenoxy) is 1. The Morgan fingerprint density at radius 3 is 2.81 bits per heavy atom. The molecule has 0 N–H and O–H groups in total. The Morgan fingerprint density at radius 2 is 2.11 bits per heavy atom. The lowest BCUT2D eigenvalue weighted by Gasteiger charge is -2.34. The monoisotopic (exact) mass is 387 g/mol. The second-order valence-corrected chi connectivity index (χ2v) is 8.26. The van der Waals surface area contributed by atoms with Crippen LogP contribution in [-0.4, -0.2) is 23.2 Å². The second-order valence-electron chi connectivity index (χ2n) is 7.16. The van der Waals surface area contributed by atoms with Crippen LogP contribution in [-0.2, 0) is 22.6 Å². The van der Waals surface area contributed by atoms with Gasteiger partial charge in [-0.05, 0) is 37.0 Å². The fourth-order valence-corrected chi connectivity index (χ4v) is 4.63. The lowest BCUT2D eigenvalue weighted by molar-refractivity contribution is -0.133. The Hall–Kier alpha value is -2.05. The van der Waals surface area contributed by atoms with E-state index in [1.165, 1.54) is 22.3 Å². The van der Waals surface area contributed by atoms with Gasteiger partial charge in [-0.2, -0.15) is 0 Å². The van der Waals surface area contributed by atoms with Crippen LogP contribution >= 0.6 is 11.3 Å². The molecule has 0 bridgehead atoms. The third kappa shape index (κ3) is 3.82. The highest BCUT2D eigenvalue weighted by Crippen LogP contribution is 2.41. The second kappa shape index (κ2) is 7.52. The Morgan fingerprint density at radius 1 is 1.33 bits per heavy atom. The number of carbonyl (C=O) groups is 2. The summed E-state index contributed by atoms with van der Waals surface area (Å²) in [7, 11) is 0. The average Bonchev–Trinajstić information content (AvgIpc) is 3.44. The highest BCUT2D eigenvalue weighted by Gasteiger charge is 2.40. The summed E-state index contributed by atoms with van der Waals surface area (Å²) in [6.45, 7) is 3.01. The molecule has 0 unspecified atom stereocenters. The number of esters is 1. The van der Waals surface area contributed by atoms with Crippen LogP contribution in [0, 0.1) is 11.7 Å². The summed E-state index contributed by atoms with van der Waals surface area (Å²) in [6.07, 6.45) is 2.91. The van der Waals surface area contributed by atoms with Crippen molar-refractivity contribution in [2.24, 2.45) is 5.92 Å². The van der Waals surface area contributed by atoms with Gasteiger partial charge in [0.15, 0.2) is 10.8 Å². The molecule has 0 radical (unpaired) electrons. The van der Waals surface area contributed by atoms with E-state index in [1.54, 1.807) is 25.1 Å². The van der Waals surface area contributed by atoms with Gasteiger partial charge in [-0.25, -0.2) is 4.39 Å². The molecule has 27 heavy (non-hydrogen) atoms. The number of carbonyl (C=O) groups excluding carboxylic acids is 2. The lowest BCUT2D eigenvalue weighted by Crippen LogP contribution is -2.38. The predicted molar refractivity (Wildman–Crippen MR) is 101 cm³/mol. The zero-order valence-corrected chi connectivity index (χ0v) is 16.1. The van der Waals surface area contributed by atoms with E-state index in [9.17, 15) is 14.0 Å². The van der Waals surface area contributed by atoms with Crippen LogP contribution in [0.3, 0.4) is 0 Å². The molecule has 1 aromatic heterocycles. The molecule has 142 valence electrons. The number of nitrogens with zero attached hydrogens (tertiary/aromatic N) is 1. The van der Waals surface area contributed by atoms with Gasteiger partial charge in [-0.1, -0.05) is 25.1 Å². The number of hydrogen-bond donors (Lipinski definition) is 0. The molecular formula is C21H22FNO3S. The number of thiophene rings is 1. The number of fused-ring (bicyclic) bond motifs is 1. The van der Waals surface area contributed by atoms with Gasteiger partial charge in [0.1, 0.15) is 5.82 Å². The van der Waals surface area contributed by atoms with E-state index < -0.39 is 6.04 Å². The van der Waals surface area contributed by atoms with Gasteiger partial charge in [0.2, 0.25) is 0 Å². The molecule has 1 aromatic carbocycles. The average molecular weight is 387 g/mol. The molecule has 2 heterocycles. The summed E-state index contributed by atoms with van der Waals surface area (Å²) in [6, 6.07) is 7.92. The van der Waals surface area contributed by atoms with Crippen molar-refractivity contribution in [2.75, 3.05) is 6.54 Å². The SMILES string of the molecule is CCC(=O)Oc1cc2c(s1)CCN([C@H](C(=O)C1CC1)c1ccccc1F)C2. The van der Waals surface area contributed by atoms with Crippen LogP contribution in [0.5, 0.6) is 5.06 Å². The van der Waals surface area contributed by atoms with Gasteiger partial charge in [0, 0.05) is 35.9 Å². The minimum absolute atomic E-state index is 0.0551. The van der Waals surface area contributed by atoms with Gasteiger partial charge in [-0.3, -0.25) is 14.5 Å². The van der Waals surface area contributed by atoms with Crippen LogP contribution in [0.1, 0.15) is 48.2 Å². The minimum Gasteiger partial charge on any atom is -0.415 e. The summed E-state index contributed by atoms with van der Waals surface area (Å²) in [5.41, 5.74) is 1.53. The van der Waals surface area contributed by atoms with Crippen molar-refractivity contribution in [3.63, 3.8) is 0 Å². The highest BCUT2D eigenvalue weighted by atomic mass is 32.1. The molecule has 1 fully saturated rings. The minimum atomic E-state index is -0.548. The van der Waals surface area contributed by atoms with Crippen LogP contribution < -0.4 is 4.74 Å². The van der Waals surface area contributed by atoms with Gasteiger partial charge in [0.05, 0.1) is 6.04 Å². The standard InChI is InChI=1S/C21H22FNO3S/c1-2-18(24)26-19-11-14-12-23(10-9-17(14)27-19)20(21(25)13-7-8-13)15-5-3-4-6-16(15)22/h3-6,11,13,20H,2,7-10,12H2,1H3/t20-/m0/s1. The molecule has 1 aliphatic carbocycles. The van der Waals surface area contributed by atoms with Crippen molar-refractivity contribution in [1.82, 2.24) is 4.90 Å². The maximum atomic E-state index is 14.5. The predicted octanol–water partition coefficient (Wildman–Crippen LogP) is 4.28.